The van der Waals surface area contributed by atoms with Gasteiger partial charge in [-0.15, -0.1) is 0 Å². The molecule has 0 aliphatic heterocycles. The quantitative estimate of drug-likeness (QED) is 0.838. The van der Waals surface area contributed by atoms with Gasteiger partial charge in [-0.2, -0.15) is 0 Å². The van der Waals surface area contributed by atoms with Crippen LogP contribution in [0.1, 0.15) is 0 Å². The number of aromatic nitrogens is 1. The highest BCUT2D eigenvalue weighted by atomic mass is 31.1. The van der Waals surface area contributed by atoms with Crippen LogP contribution in [-0.2, 0) is 0 Å². The molecule has 2 rings (SSSR count). The van der Waals surface area contributed by atoms with E-state index in [0.29, 0.717) is 0 Å². The summed E-state index contributed by atoms with van der Waals surface area (Å²) in [4.78, 5) is 6.81. The molecule has 0 fully saturated rings. The predicted octanol–water partition coefficient (Wildman–Crippen LogP) is 2.49. The molecule has 0 saturated carbocycles. The Kier molecular flexibility index (Phi) is 3.27. The molecule has 0 aliphatic rings. The summed E-state index contributed by atoms with van der Waals surface area (Å²) in [5, 5.41) is 1.30. The van der Waals surface area contributed by atoms with E-state index in [-0.39, 0.29) is 0 Å². The average Bonchev–Trinajstić information content (AvgIpc) is 2.66. The summed E-state index contributed by atoms with van der Waals surface area (Å²) in [6.45, 7) is 0. The van der Waals surface area contributed by atoms with Crippen LogP contribution in [0.2, 0.25) is 0 Å². The Morgan fingerprint density at radius 1 is 1.18 bits per heavy atom. The van der Waals surface area contributed by atoms with Crippen molar-refractivity contribution in [1.82, 2.24) is 4.98 Å². The fraction of sp³-hybridized carbons (Fsp3) is 0.417. The minimum Gasteiger partial charge on any atom is -0.497 e. The van der Waals surface area contributed by atoms with Crippen LogP contribution in [0.4, 0.5) is 5.55 Å². The highest BCUT2D eigenvalue weighted by Gasteiger charge is 2.15. The zero-order chi connectivity index (χ0) is 12.6. The topological polar surface area (TPSA) is 28.6 Å². The van der Waals surface area contributed by atoms with E-state index in [0.717, 1.165) is 16.8 Å². The second-order valence-corrected chi connectivity index (χ2v) is 6.63. The maximum Gasteiger partial charge on any atom is 0.163 e. The lowest BCUT2D eigenvalue weighted by Gasteiger charge is -2.17. The number of hydrogen-bond donors (Lipinski definition) is 0. The summed E-state index contributed by atoms with van der Waals surface area (Å²) in [6, 6.07) is 6.14. The Morgan fingerprint density at radius 3 is 2.41 bits per heavy atom. The first kappa shape index (κ1) is 12.2. The number of nitrogens with zero attached hydrogens (tertiary/aromatic N) is 3. The summed E-state index contributed by atoms with van der Waals surface area (Å²) in [7, 11) is 9.48. The van der Waals surface area contributed by atoms with Crippen molar-refractivity contribution in [2.24, 2.45) is 0 Å². The lowest BCUT2D eigenvalue weighted by atomic mass is 10.3. The maximum absolute atomic E-state index is 5.24. The van der Waals surface area contributed by atoms with Gasteiger partial charge in [0.15, 0.2) is 5.55 Å². The van der Waals surface area contributed by atoms with Crippen LogP contribution in [0, 0.1) is 0 Å². The molecule has 0 aliphatic carbocycles. The first-order chi connectivity index (χ1) is 8.04. The van der Waals surface area contributed by atoms with Gasteiger partial charge in [0.2, 0.25) is 0 Å². The number of methoxy groups -OCH3 is 1. The molecule has 5 heteroatoms. The largest absolute Gasteiger partial charge is 0.497 e. The first-order valence-electron chi connectivity index (χ1n) is 5.46. The predicted molar refractivity (Wildman–Crippen MR) is 75.4 cm³/mol. The van der Waals surface area contributed by atoms with E-state index in [1.807, 2.05) is 26.2 Å². The van der Waals surface area contributed by atoms with Crippen LogP contribution >= 0.6 is 7.68 Å². The molecule has 0 saturated heterocycles. The summed E-state index contributed by atoms with van der Waals surface area (Å²) in [6.07, 6.45) is 0. The molecule has 1 aromatic carbocycles. The molecule has 1 unspecified atom stereocenters. The highest BCUT2D eigenvalue weighted by Crippen LogP contribution is 2.47. The molecule has 0 radical (unpaired) electrons. The summed E-state index contributed by atoms with van der Waals surface area (Å²) < 4.78 is 7.48. The smallest absolute Gasteiger partial charge is 0.163 e. The molecule has 4 nitrogen and oxygen atoms in total. The van der Waals surface area contributed by atoms with Crippen molar-refractivity contribution in [2.75, 3.05) is 44.9 Å². The molecular formula is C12H18N3OP. The Hall–Kier alpha value is -1.25. The fourth-order valence-electron chi connectivity index (χ4n) is 1.85. The van der Waals surface area contributed by atoms with Gasteiger partial charge in [0, 0.05) is 33.0 Å². The van der Waals surface area contributed by atoms with E-state index in [1.165, 1.54) is 5.12 Å². The van der Waals surface area contributed by atoms with Crippen molar-refractivity contribution in [1.29, 1.82) is 0 Å². The summed E-state index contributed by atoms with van der Waals surface area (Å²) >= 11 is 0. The molecule has 92 valence electrons. The van der Waals surface area contributed by atoms with E-state index in [2.05, 4.69) is 29.7 Å². The van der Waals surface area contributed by atoms with E-state index in [1.54, 1.807) is 7.11 Å². The van der Waals surface area contributed by atoms with Gasteiger partial charge in [0.1, 0.15) is 5.75 Å². The van der Waals surface area contributed by atoms with Crippen molar-refractivity contribution < 1.29 is 4.74 Å². The lowest BCUT2D eigenvalue weighted by Crippen LogP contribution is -2.12. The lowest BCUT2D eigenvalue weighted by molar-refractivity contribution is 0.415. The SMILES string of the molecule is COc1ccc2c(c1)nc(N(C)C)p2N(C)C. The molecule has 0 N–H and O–H groups in total. The first-order valence-corrected chi connectivity index (χ1v) is 6.75. The summed E-state index contributed by atoms with van der Waals surface area (Å²) in [5.74, 6) is 0.862. The minimum atomic E-state index is -0.487. The van der Waals surface area contributed by atoms with Crippen LogP contribution in [-0.4, -0.2) is 40.3 Å². The Bertz CT molecular complexity index is 534. The third-order valence-corrected chi connectivity index (χ3v) is 5.13. The standard InChI is InChI=1S/C12H18N3OP/c1-14(2)12-13-10-8-9(16-5)6-7-11(10)17(12)15(3)4/h6-8H,1-5H3. The molecule has 0 spiro atoms. The molecule has 17 heavy (non-hydrogen) atoms. The van der Waals surface area contributed by atoms with Crippen LogP contribution in [0.15, 0.2) is 18.2 Å². The molecule has 0 amide bonds. The van der Waals surface area contributed by atoms with E-state index >= 15 is 0 Å². The zero-order valence-corrected chi connectivity index (χ0v) is 11.8. The van der Waals surface area contributed by atoms with Crippen molar-refractivity contribution >= 4 is 23.9 Å². The van der Waals surface area contributed by atoms with Gasteiger partial charge in [-0.3, -0.25) is 4.67 Å². The number of ether oxygens (including phenoxy) is 1. The van der Waals surface area contributed by atoms with E-state index < -0.39 is 7.68 Å². The fourth-order valence-corrected chi connectivity index (χ4v) is 3.98. The monoisotopic (exact) mass is 251 g/mol. The van der Waals surface area contributed by atoms with Gasteiger partial charge in [0.05, 0.1) is 12.6 Å². The summed E-state index contributed by atoms with van der Waals surface area (Å²) in [5.41, 5.74) is 2.17. The number of anilines is 1. The van der Waals surface area contributed by atoms with Gasteiger partial charge >= 0.3 is 0 Å². The molecule has 1 aromatic heterocycles. The van der Waals surface area contributed by atoms with Gasteiger partial charge in [-0.25, -0.2) is 4.98 Å². The molecule has 1 atom stereocenters. The van der Waals surface area contributed by atoms with Crippen LogP contribution in [0.25, 0.3) is 10.6 Å². The zero-order valence-electron chi connectivity index (χ0n) is 10.9. The van der Waals surface area contributed by atoms with Gasteiger partial charge in [-0.1, -0.05) is 0 Å². The minimum absolute atomic E-state index is 0.487. The van der Waals surface area contributed by atoms with Crippen molar-refractivity contribution in [3.8, 4) is 5.75 Å². The van der Waals surface area contributed by atoms with Crippen LogP contribution < -0.4 is 14.3 Å². The molecule has 0 bridgehead atoms. The second-order valence-electron chi connectivity index (χ2n) is 4.32. The van der Waals surface area contributed by atoms with E-state index in [4.69, 9.17) is 9.72 Å². The van der Waals surface area contributed by atoms with Gasteiger partial charge in [0.25, 0.3) is 0 Å². The maximum atomic E-state index is 5.24. The van der Waals surface area contributed by atoms with Gasteiger partial charge in [-0.05, 0) is 26.2 Å². The van der Waals surface area contributed by atoms with Gasteiger partial charge < -0.3 is 9.64 Å². The Labute approximate surface area is 103 Å². The van der Waals surface area contributed by atoms with Crippen molar-refractivity contribution in [3.63, 3.8) is 0 Å². The number of rotatable bonds is 3. The Morgan fingerprint density at radius 2 is 1.88 bits per heavy atom. The molecule has 1 heterocycles. The van der Waals surface area contributed by atoms with Crippen molar-refractivity contribution in [2.45, 2.75) is 0 Å². The number of hydrogen-bond acceptors (Lipinski definition) is 4. The Balaban J connectivity index is 2.70. The van der Waals surface area contributed by atoms with Crippen LogP contribution in [0.3, 0.4) is 0 Å². The average molecular weight is 251 g/mol. The highest BCUT2D eigenvalue weighted by molar-refractivity contribution is 7.60. The third kappa shape index (κ3) is 2.11. The van der Waals surface area contributed by atoms with Crippen molar-refractivity contribution in [3.05, 3.63) is 18.2 Å². The van der Waals surface area contributed by atoms with Crippen LogP contribution in [0.5, 0.6) is 5.75 Å². The third-order valence-electron chi connectivity index (χ3n) is 2.62. The molecular weight excluding hydrogens is 233 g/mol. The molecule has 2 aromatic rings. The number of benzene rings is 1. The number of fused-ring (bicyclic) bond motifs is 1. The van der Waals surface area contributed by atoms with E-state index in [9.17, 15) is 0 Å². The normalized spacial score (nSPS) is 12.2. The second kappa shape index (κ2) is 4.55.